The predicted octanol–water partition coefficient (Wildman–Crippen LogP) is 6.70. The van der Waals surface area contributed by atoms with Crippen molar-refractivity contribution in [2.75, 3.05) is 6.61 Å². The number of aryl methyl sites for hydroxylation is 1. The number of benzene rings is 2. The second kappa shape index (κ2) is 12.0. The summed E-state index contributed by atoms with van der Waals surface area (Å²) in [6.45, 7) is 7.10. The molecule has 0 unspecified atom stereocenters. The molecule has 15 heteroatoms. The lowest BCUT2D eigenvalue weighted by Crippen LogP contribution is -2.37. The van der Waals surface area contributed by atoms with Gasteiger partial charge < -0.3 is 19.0 Å². The first-order valence-electron chi connectivity index (χ1n) is 12.7. The highest BCUT2D eigenvalue weighted by Crippen LogP contribution is 2.47. The van der Waals surface area contributed by atoms with E-state index in [1.165, 1.54) is 27.7 Å². The Labute approximate surface area is 238 Å². The van der Waals surface area contributed by atoms with Gasteiger partial charge in [-0.15, -0.1) is 0 Å². The van der Waals surface area contributed by atoms with E-state index < -0.39 is 91.6 Å². The normalized spacial score (nSPS) is 14.7. The number of halogens is 6. The van der Waals surface area contributed by atoms with Crippen molar-refractivity contribution in [2.24, 2.45) is 0 Å². The van der Waals surface area contributed by atoms with E-state index in [9.17, 15) is 35.6 Å². The Bertz CT molecular complexity index is 1480. The molecule has 3 rings (SSSR count). The molecule has 0 heterocycles. The van der Waals surface area contributed by atoms with Gasteiger partial charge in [-0.05, 0) is 76.6 Å². The van der Waals surface area contributed by atoms with Gasteiger partial charge in [-0.3, -0.25) is 4.79 Å². The second-order valence-electron chi connectivity index (χ2n) is 10.6. The van der Waals surface area contributed by atoms with Crippen LogP contribution in [-0.4, -0.2) is 38.2 Å². The van der Waals surface area contributed by atoms with Crippen LogP contribution in [0.5, 0.6) is 5.75 Å². The number of carbonyl (C=O) groups excluding carboxylic acids is 2. The third-order valence-electron chi connectivity index (χ3n) is 6.01. The van der Waals surface area contributed by atoms with E-state index in [4.69, 9.17) is 9.47 Å². The summed E-state index contributed by atoms with van der Waals surface area (Å²) in [5.74, 6) is -6.42. The monoisotopic (exact) mass is 625 g/mol. The topological polar surface area (TPSA) is 108 Å². The van der Waals surface area contributed by atoms with Crippen LogP contribution in [0, 0.1) is 24.4 Å². The third kappa shape index (κ3) is 7.66. The molecule has 1 fully saturated rings. The minimum Gasteiger partial charge on any atom is -0.466 e. The zero-order valence-electron chi connectivity index (χ0n) is 23.2. The summed E-state index contributed by atoms with van der Waals surface area (Å²) in [6, 6.07) is 0.338. The zero-order valence-corrected chi connectivity index (χ0v) is 24.1. The molecule has 0 spiro atoms. The van der Waals surface area contributed by atoms with Gasteiger partial charge in [-0.1, -0.05) is 0 Å². The molecule has 0 saturated heterocycles. The number of hydrogen-bond acceptors (Lipinski definition) is 7. The minimum atomic E-state index is -6.33. The van der Waals surface area contributed by atoms with Crippen LogP contribution in [-0.2, 0) is 24.4 Å². The molecular weight excluding hydrogens is 596 g/mol. The van der Waals surface area contributed by atoms with Crippen LogP contribution in [0.15, 0.2) is 18.2 Å². The summed E-state index contributed by atoms with van der Waals surface area (Å²) in [5.41, 5.74) is -9.43. The van der Waals surface area contributed by atoms with Crippen LogP contribution in [0.25, 0.3) is 11.1 Å². The van der Waals surface area contributed by atoms with Crippen LogP contribution >= 0.6 is 0 Å². The molecule has 0 radical (unpaired) electrons. The molecule has 1 amide bonds. The maximum atomic E-state index is 16.4. The number of alkyl halides is 3. The molecule has 8 nitrogen and oxygen atoms in total. The van der Waals surface area contributed by atoms with E-state index >= 15 is 8.78 Å². The summed E-state index contributed by atoms with van der Waals surface area (Å²) >= 11 is 0. The molecule has 1 aliphatic rings. The van der Waals surface area contributed by atoms with Gasteiger partial charge in [-0.25, -0.2) is 18.0 Å². The minimum absolute atomic E-state index is 0.0977. The molecular formula is C27H29F6NO7S. The van der Waals surface area contributed by atoms with E-state index in [1.807, 2.05) is 0 Å². The van der Waals surface area contributed by atoms with Crippen molar-refractivity contribution in [3.63, 3.8) is 0 Å². The molecule has 0 aromatic heterocycles. The molecule has 232 valence electrons. The molecule has 1 N–H and O–H groups in total. The van der Waals surface area contributed by atoms with Gasteiger partial charge in [-0.2, -0.15) is 21.6 Å². The molecule has 1 saturated carbocycles. The molecule has 42 heavy (non-hydrogen) atoms. The summed E-state index contributed by atoms with van der Waals surface area (Å²) < 4.78 is 124. The molecule has 0 bridgehead atoms. The van der Waals surface area contributed by atoms with Crippen molar-refractivity contribution in [3.05, 3.63) is 52.3 Å². The lowest BCUT2D eigenvalue weighted by atomic mass is 9.89. The average Bonchev–Trinajstić information content (AvgIpc) is 3.63. The van der Waals surface area contributed by atoms with Crippen molar-refractivity contribution in [1.29, 1.82) is 0 Å². The quantitative estimate of drug-likeness (QED) is 0.143. The highest BCUT2D eigenvalue weighted by molar-refractivity contribution is 7.88. The summed E-state index contributed by atoms with van der Waals surface area (Å²) in [6.07, 6.45) is -1.01. The maximum Gasteiger partial charge on any atom is 0.534 e. The first kappa shape index (κ1) is 33.0. The van der Waals surface area contributed by atoms with Crippen molar-refractivity contribution in [1.82, 2.24) is 5.32 Å². The molecule has 1 aliphatic carbocycles. The summed E-state index contributed by atoms with van der Waals surface area (Å²) in [4.78, 5) is 25.0. The molecule has 0 aliphatic heterocycles. The summed E-state index contributed by atoms with van der Waals surface area (Å²) in [7, 11) is -6.33. The van der Waals surface area contributed by atoms with Gasteiger partial charge in [0, 0.05) is 22.8 Å². The Morgan fingerprint density at radius 1 is 1.05 bits per heavy atom. The Hall–Kier alpha value is -3.49. The predicted molar refractivity (Wildman–Crippen MR) is 137 cm³/mol. The van der Waals surface area contributed by atoms with Gasteiger partial charge in [0.2, 0.25) is 0 Å². The average molecular weight is 626 g/mol. The molecule has 1 atom stereocenters. The molecule has 2 aromatic carbocycles. The number of esters is 1. The Morgan fingerprint density at radius 2 is 1.67 bits per heavy atom. The highest BCUT2D eigenvalue weighted by Gasteiger charge is 2.49. The van der Waals surface area contributed by atoms with E-state index in [1.54, 1.807) is 0 Å². The van der Waals surface area contributed by atoms with Gasteiger partial charge in [0.25, 0.3) is 0 Å². The van der Waals surface area contributed by atoms with Gasteiger partial charge in [0.1, 0.15) is 23.1 Å². The zero-order chi connectivity index (χ0) is 31.8. The number of amides is 1. The SMILES string of the molecule is CCOC(=O)C[C@H](NC(=O)OC(C)(C)C)c1c(F)c(-c2c(C)cc(F)cc2OS(=O)(=O)C(F)(F)F)cc(C2CC2)c1F. The number of ether oxygens (including phenoxy) is 2. The van der Waals surface area contributed by atoms with Crippen LogP contribution in [0.4, 0.5) is 31.1 Å². The summed E-state index contributed by atoms with van der Waals surface area (Å²) in [5, 5.41) is 2.24. The van der Waals surface area contributed by atoms with Crippen LogP contribution in [0.2, 0.25) is 0 Å². The first-order chi connectivity index (χ1) is 19.3. The Morgan fingerprint density at radius 3 is 2.19 bits per heavy atom. The number of rotatable bonds is 9. The molecule has 2 aromatic rings. The van der Waals surface area contributed by atoms with E-state index in [2.05, 4.69) is 9.50 Å². The fourth-order valence-corrected chi connectivity index (χ4v) is 4.67. The smallest absolute Gasteiger partial charge is 0.466 e. The van der Waals surface area contributed by atoms with Crippen molar-refractivity contribution in [3.8, 4) is 16.9 Å². The maximum absolute atomic E-state index is 16.4. The van der Waals surface area contributed by atoms with E-state index in [0.29, 0.717) is 18.9 Å². The fourth-order valence-electron chi connectivity index (χ4n) is 4.21. The van der Waals surface area contributed by atoms with Crippen LogP contribution < -0.4 is 9.50 Å². The third-order valence-corrected chi connectivity index (χ3v) is 6.98. The standard InChI is InChI=1S/C27H29F6NO7S/c1-6-39-20(35)12-18(34-25(36)40-26(3,4)5)22-23(29)16(14-7-8-14)11-17(24(22)30)21-13(2)9-15(28)10-19(21)41-42(37,38)27(31,32)33/h9-11,14,18H,6-8,12H2,1-5H3,(H,34,36)/t18-/m0/s1. The van der Waals surface area contributed by atoms with Crippen LogP contribution in [0.1, 0.15) is 75.6 Å². The highest BCUT2D eigenvalue weighted by atomic mass is 32.2. The van der Waals surface area contributed by atoms with E-state index in [-0.39, 0.29) is 17.7 Å². The Kier molecular flexibility index (Phi) is 9.45. The van der Waals surface area contributed by atoms with Gasteiger partial charge >= 0.3 is 27.7 Å². The number of hydrogen-bond donors (Lipinski definition) is 1. The number of nitrogens with one attached hydrogen (secondary N) is 1. The lowest BCUT2D eigenvalue weighted by Gasteiger charge is -2.26. The fraction of sp³-hybridized carbons (Fsp3) is 0.481. The van der Waals surface area contributed by atoms with Crippen molar-refractivity contribution < 1.29 is 58.0 Å². The largest absolute Gasteiger partial charge is 0.534 e. The number of carbonyl (C=O) groups is 2. The van der Waals surface area contributed by atoms with Gasteiger partial charge in [0.15, 0.2) is 5.75 Å². The van der Waals surface area contributed by atoms with Crippen molar-refractivity contribution in [2.45, 2.75) is 77.0 Å². The number of alkyl carbamates (subject to hydrolysis) is 1. The van der Waals surface area contributed by atoms with E-state index in [0.717, 1.165) is 19.1 Å². The lowest BCUT2D eigenvalue weighted by molar-refractivity contribution is -0.143. The van der Waals surface area contributed by atoms with Crippen LogP contribution in [0.3, 0.4) is 0 Å². The Balaban J connectivity index is 2.30. The second-order valence-corrected chi connectivity index (χ2v) is 12.2. The van der Waals surface area contributed by atoms with Crippen molar-refractivity contribution >= 4 is 22.2 Å². The first-order valence-corrected chi connectivity index (χ1v) is 14.1. The van der Waals surface area contributed by atoms with Gasteiger partial charge in [0.05, 0.1) is 19.1 Å².